The molecule has 1 rings (SSSR count). The number of nitrogens with zero attached hydrogens (tertiary/aromatic N) is 1. The molecule has 1 aromatic carbocycles. The molecule has 0 bridgehead atoms. The van der Waals surface area contributed by atoms with Gasteiger partial charge in [0.15, 0.2) is 5.96 Å². The summed E-state index contributed by atoms with van der Waals surface area (Å²) >= 11 is 0. The van der Waals surface area contributed by atoms with Crippen molar-refractivity contribution in [2.45, 2.75) is 52.1 Å². The van der Waals surface area contributed by atoms with Crippen LogP contribution in [0.5, 0.6) is 0 Å². The number of carbonyl (C=O) groups is 1. The zero-order chi connectivity index (χ0) is 21.4. The molecule has 0 radical (unpaired) electrons. The van der Waals surface area contributed by atoms with E-state index in [9.17, 15) is 4.79 Å². The first-order valence-electron chi connectivity index (χ1n) is 10.4. The molecule has 0 aromatic heterocycles. The maximum atomic E-state index is 11.6. The van der Waals surface area contributed by atoms with Gasteiger partial charge in [-0.25, -0.2) is 4.79 Å². The standard InChI is InChI=1S/C22H38N4O3.HI/c1-22(2,3)29-21(27)26-16-10-15-25-20(23-4)24-14-8-9-17-28-18-13-19-11-6-5-7-12-19;/h5-7,11-12H,8-10,13-18H2,1-4H3,(H,26,27)(H2,23,24,25);1H. The molecule has 0 fully saturated rings. The quantitative estimate of drug-likeness (QED) is 0.165. The highest BCUT2D eigenvalue weighted by molar-refractivity contribution is 14.0. The van der Waals surface area contributed by atoms with Gasteiger partial charge in [0.05, 0.1) is 6.61 Å². The van der Waals surface area contributed by atoms with Gasteiger partial charge in [0.2, 0.25) is 0 Å². The van der Waals surface area contributed by atoms with E-state index < -0.39 is 5.60 Å². The Bertz CT molecular complexity index is 592. The minimum atomic E-state index is -0.471. The number of alkyl carbamates (subject to hydrolysis) is 1. The molecule has 0 aliphatic heterocycles. The summed E-state index contributed by atoms with van der Waals surface area (Å²) in [5.74, 6) is 0.771. The smallest absolute Gasteiger partial charge is 0.407 e. The Morgan fingerprint density at radius 3 is 2.20 bits per heavy atom. The van der Waals surface area contributed by atoms with Crippen molar-refractivity contribution in [1.29, 1.82) is 0 Å². The lowest BCUT2D eigenvalue weighted by atomic mass is 10.2. The predicted octanol–water partition coefficient (Wildman–Crippen LogP) is 3.72. The molecule has 1 aromatic rings. The number of amides is 1. The van der Waals surface area contributed by atoms with Crippen molar-refractivity contribution in [3.05, 3.63) is 35.9 Å². The molecule has 0 saturated heterocycles. The molecule has 0 heterocycles. The maximum absolute atomic E-state index is 11.6. The number of halogens is 1. The van der Waals surface area contributed by atoms with E-state index in [1.807, 2.05) is 26.8 Å². The highest BCUT2D eigenvalue weighted by Gasteiger charge is 2.15. The van der Waals surface area contributed by atoms with Gasteiger partial charge in [0.1, 0.15) is 5.60 Å². The van der Waals surface area contributed by atoms with Crippen LogP contribution >= 0.6 is 24.0 Å². The second kappa shape index (κ2) is 17.2. The van der Waals surface area contributed by atoms with Crippen LogP contribution in [0.15, 0.2) is 35.3 Å². The van der Waals surface area contributed by atoms with E-state index in [-0.39, 0.29) is 30.1 Å². The van der Waals surface area contributed by atoms with Crippen LogP contribution in [0.2, 0.25) is 0 Å². The molecule has 3 N–H and O–H groups in total. The minimum absolute atomic E-state index is 0. The third-order valence-corrected chi connectivity index (χ3v) is 3.92. The topological polar surface area (TPSA) is 84.0 Å². The van der Waals surface area contributed by atoms with Gasteiger partial charge in [0, 0.05) is 33.3 Å². The molecule has 8 heteroatoms. The van der Waals surface area contributed by atoms with Crippen molar-refractivity contribution in [3.8, 4) is 0 Å². The number of hydrogen-bond acceptors (Lipinski definition) is 4. The number of guanidine groups is 1. The van der Waals surface area contributed by atoms with Crippen LogP contribution in [0, 0.1) is 0 Å². The van der Waals surface area contributed by atoms with Crippen LogP contribution < -0.4 is 16.0 Å². The normalized spacial score (nSPS) is 11.4. The molecule has 1 amide bonds. The molecule has 172 valence electrons. The molecular weight excluding hydrogens is 495 g/mol. The van der Waals surface area contributed by atoms with Crippen molar-refractivity contribution in [2.24, 2.45) is 4.99 Å². The number of hydrogen-bond donors (Lipinski definition) is 3. The zero-order valence-electron chi connectivity index (χ0n) is 18.8. The van der Waals surface area contributed by atoms with Crippen LogP contribution in [0.1, 0.15) is 45.6 Å². The van der Waals surface area contributed by atoms with Gasteiger partial charge >= 0.3 is 6.09 Å². The third kappa shape index (κ3) is 16.3. The molecule has 30 heavy (non-hydrogen) atoms. The lowest BCUT2D eigenvalue weighted by molar-refractivity contribution is 0.0527. The second-order valence-corrected chi connectivity index (χ2v) is 7.76. The molecule has 0 atom stereocenters. The average Bonchev–Trinajstić information content (AvgIpc) is 2.67. The fourth-order valence-electron chi connectivity index (χ4n) is 2.49. The van der Waals surface area contributed by atoms with E-state index in [1.54, 1.807) is 7.05 Å². The molecule has 0 aliphatic carbocycles. The number of nitrogens with one attached hydrogen (secondary N) is 3. The molecular formula is C22H39IN4O3. The van der Waals surface area contributed by atoms with Crippen LogP contribution in [-0.2, 0) is 15.9 Å². The Balaban J connectivity index is 0.00000841. The van der Waals surface area contributed by atoms with E-state index in [0.29, 0.717) is 6.54 Å². The second-order valence-electron chi connectivity index (χ2n) is 7.76. The number of carbonyl (C=O) groups excluding carboxylic acids is 1. The summed E-state index contributed by atoms with van der Waals surface area (Å²) in [7, 11) is 1.75. The fraction of sp³-hybridized carbons (Fsp3) is 0.636. The highest BCUT2D eigenvalue weighted by atomic mass is 127. The Kier molecular flexibility index (Phi) is 16.3. The summed E-state index contributed by atoms with van der Waals surface area (Å²) in [6.45, 7) is 9.20. The largest absolute Gasteiger partial charge is 0.444 e. The van der Waals surface area contributed by atoms with Crippen LogP contribution in [0.3, 0.4) is 0 Å². The van der Waals surface area contributed by atoms with Gasteiger partial charge in [-0.2, -0.15) is 0 Å². The lowest BCUT2D eigenvalue weighted by Crippen LogP contribution is -2.39. The van der Waals surface area contributed by atoms with E-state index >= 15 is 0 Å². The number of ether oxygens (including phenoxy) is 2. The summed E-state index contributed by atoms with van der Waals surface area (Å²) in [6.07, 6.45) is 3.39. The lowest BCUT2D eigenvalue weighted by Gasteiger charge is -2.19. The number of benzene rings is 1. The maximum Gasteiger partial charge on any atom is 0.407 e. The zero-order valence-corrected chi connectivity index (χ0v) is 21.2. The molecule has 0 saturated carbocycles. The van der Waals surface area contributed by atoms with Crippen molar-refractivity contribution in [2.75, 3.05) is 39.9 Å². The molecule has 0 aliphatic rings. The average molecular weight is 534 g/mol. The Labute approximate surface area is 198 Å². The van der Waals surface area contributed by atoms with E-state index in [0.717, 1.165) is 57.9 Å². The van der Waals surface area contributed by atoms with Gasteiger partial charge in [-0.3, -0.25) is 4.99 Å². The van der Waals surface area contributed by atoms with Crippen molar-refractivity contribution in [1.82, 2.24) is 16.0 Å². The highest BCUT2D eigenvalue weighted by Crippen LogP contribution is 2.06. The van der Waals surface area contributed by atoms with Crippen molar-refractivity contribution >= 4 is 36.0 Å². The van der Waals surface area contributed by atoms with Crippen LogP contribution in [0.25, 0.3) is 0 Å². The monoisotopic (exact) mass is 534 g/mol. The SMILES string of the molecule is CN=C(NCCCCOCCc1ccccc1)NCCCNC(=O)OC(C)(C)C.I. The Morgan fingerprint density at radius 2 is 1.57 bits per heavy atom. The van der Waals surface area contributed by atoms with E-state index in [1.165, 1.54) is 5.56 Å². The number of rotatable bonds is 12. The first kappa shape index (κ1) is 28.5. The minimum Gasteiger partial charge on any atom is -0.444 e. The van der Waals surface area contributed by atoms with E-state index in [4.69, 9.17) is 9.47 Å². The number of unbranched alkanes of at least 4 members (excludes halogenated alkanes) is 1. The summed E-state index contributed by atoms with van der Waals surface area (Å²) in [5.41, 5.74) is 0.839. The van der Waals surface area contributed by atoms with Crippen molar-refractivity contribution < 1.29 is 14.3 Å². The third-order valence-electron chi connectivity index (χ3n) is 3.92. The Morgan fingerprint density at radius 1 is 0.933 bits per heavy atom. The van der Waals surface area contributed by atoms with Gasteiger partial charge < -0.3 is 25.4 Å². The van der Waals surface area contributed by atoms with Gasteiger partial charge in [-0.05, 0) is 52.0 Å². The summed E-state index contributed by atoms with van der Waals surface area (Å²) in [5, 5.41) is 9.27. The van der Waals surface area contributed by atoms with Gasteiger partial charge in [0.25, 0.3) is 0 Å². The molecule has 0 unspecified atom stereocenters. The first-order valence-corrected chi connectivity index (χ1v) is 10.4. The van der Waals surface area contributed by atoms with Crippen LogP contribution in [-0.4, -0.2) is 57.5 Å². The summed E-state index contributed by atoms with van der Waals surface area (Å²) < 4.78 is 10.9. The molecule has 7 nitrogen and oxygen atoms in total. The van der Waals surface area contributed by atoms with Gasteiger partial charge in [-0.15, -0.1) is 24.0 Å². The predicted molar refractivity (Wildman–Crippen MR) is 134 cm³/mol. The first-order chi connectivity index (χ1) is 13.9. The number of aliphatic imine (C=N–C) groups is 1. The van der Waals surface area contributed by atoms with Gasteiger partial charge in [-0.1, -0.05) is 30.3 Å². The molecule has 0 spiro atoms. The van der Waals surface area contributed by atoms with Crippen LogP contribution in [0.4, 0.5) is 4.79 Å². The van der Waals surface area contributed by atoms with E-state index in [2.05, 4.69) is 45.2 Å². The Hall–Kier alpha value is -1.55. The van der Waals surface area contributed by atoms with Crippen molar-refractivity contribution in [3.63, 3.8) is 0 Å². The fourth-order valence-corrected chi connectivity index (χ4v) is 2.49. The summed E-state index contributed by atoms with van der Waals surface area (Å²) in [6, 6.07) is 10.4. The summed E-state index contributed by atoms with van der Waals surface area (Å²) in [4.78, 5) is 15.8.